The molecule has 0 spiro atoms. The minimum absolute atomic E-state index is 1.22. The van der Waals surface area contributed by atoms with Gasteiger partial charge in [0.25, 0.3) is 0 Å². The first-order valence-corrected chi connectivity index (χ1v) is 11.8. The summed E-state index contributed by atoms with van der Waals surface area (Å²) in [4.78, 5) is 0. The molecule has 0 heteroatoms. The smallest absolute Gasteiger partial charge is 0.0102 e. The zero-order valence-corrected chi connectivity index (χ0v) is 19.7. The van der Waals surface area contributed by atoms with Crippen molar-refractivity contribution in [3.8, 4) is 11.1 Å². The predicted octanol–water partition coefficient (Wildman–Crippen LogP) is 9.63. The van der Waals surface area contributed by atoms with Gasteiger partial charge in [0, 0.05) is 0 Å². The van der Waals surface area contributed by atoms with Crippen LogP contribution in [0.3, 0.4) is 0 Å². The molecule has 0 fully saturated rings. The molecule has 0 N–H and O–H groups in total. The lowest BCUT2D eigenvalue weighted by Crippen LogP contribution is -1.91. The van der Waals surface area contributed by atoms with E-state index in [2.05, 4.69) is 147 Å². The fourth-order valence-corrected chi connectivity index (χ4v) is 4.50. The highest BCUT2D eigenvalue weighted by molar-refractivity contribution is 5.95. The first-order chi connectivity index (χ1) is 16.7. The monoisotopic (exact) mass is 436 g/mol. The van der Waals surface area contributed by atoms with Crippen LogP contribution >= 0.6 is 0 Å². The summed E-state index contributed by atoms with van der Waals surface area (Å²) in [5, 5.41) is 2.52. The highest BCUT2D eigenvalue weighted by Gasteiger charge is 2.10. The fraction of sp³-hybridized carbons (Fsp3) is 0.0588. The molecule has 0 aliphatic rings. The third-order valence-corrected chi connectivity index (χ3v) is 6.39. The first-order valence-electron chi connectivity index (χ1n) is 11.8. The van der Waals surface area contributed by atoms with Gasteiger partial charge in [-0.05, 0) is 75.2 Å². The predicted molar refractivity (Wildman–Crippen MR) is 149 cm³/mol. The molecule has 34 heavy (non-hydrogen) atoms. The van der Waals surface area contributed by atoms with Crippen LogP contribution in [-0.4, -0.2) is 0 Å². The van der Waals surface area contributed by atoms with Crippen molar-refractivity contribution in [3.05, 3.63) is 144 Å². The Hall–Kier alpha value is -4.16. The molecule has 0 aliphatic carbocycles. The van der Waals surface area contributed by atoms with Crippen LogP contribution in [0.25, 0.3) is 45.2 Å². The number of benzene rings is 5. The van der Waals surface area contributed by atoms with Gasteiger partial charge in [0.1, 0.15) is 0 Å². The van der Waals surface area contributed by atoms with Gasteiger partial charge in [-0.1, -0.05) is 127 Å². The Morgan fingerprint density at radius 3 is 1.76 bits per heavy atom. The molecule has 0 aromatic heterocycles. The molecule has 0 radical (unpaired) electrons. The molecule has 0 amide bonds. The summed E-state index contributed by atoms with van der Waals surface area (Å²) in [6.07, 6.45) is 4.65. The summed E-state index contributed by atoms with van der Waals surface area (Å²) >= 11 is 0. The van der Waals surface area contributed by atoms with Crippen LogP contribution in [0.2, 0.25) is 0 Å². The van der Waals surface area contributed by atoms with Gasteiger partial charge in [-0.25, -0.2) is 0 Å². The van der Waals surface area contributed by atoms with E-state index in [4.69, 9.17) is 0 Å². The van der Waals surface area contributed by atoms with Crippen LogP contribution in [0.4, 0.5) is 0 Å². The quantitative estimate of drug-likeness (QED) is 0.241. The van der Waals surface area contributed by atoms with Gasteiger partial charge in [0.2, 0.25) is 0 Å². The summed E-state index contributed by atoms with van der Waals surface area (Å²) < 4.78 is 0. The average molecular weight is 437 g/mol. The Labute approximate surface area is 202 Å². The molecule has 0 nitrogen and oxygen atoms in total. The van der Waals surface area contributed by atoms with Crippen LogP contribution in [0.1, 0.15) is 36.1 Å². The Morgan fingerprint density at radius 1 is 0.500 bits per heavy atom. The van der Waals surface area contributed by atoms with Gasteiger partial charge in [0.05, 0.1) is 0 Å². The van der Waals surface area contributed by atoms with Crippen LogP contribution in [-0.2, 0) is 0 Å². The zero-order valence-electron chi connectivity index (χ0n) is 19.7. The molecule has 5 aromatic rings. The van der Waals surface area contributed by atoms with Crippen molar-refractivity contribution in [2.75, 3.05) is 0 Å². The van der Waals surface area contributed by atoms with Crippen molar-refractivity contribution in [2.45, 2.75) is 13.8 Å². The highest BCUT2D eigenvalue weighted by Crippen LogP contribution is 2.34. The summed E-state index contributed by atoms with van der Waals surface area (Å²) in [6.45, 7) is 4.39. The number of allylic oxidation sites excluding steroid dienone is 2. The van der Waals surface area contributed by atoms with Crippen LogP contribution in [0.5, 0.6) is 0 Å². The summed E-state index contributed by atoms with van der Waals surface area (Å²) in [5.41, 5.74) is 9.94. The second-order valence-corrected chi connectivity index (χ2v) is 8.76. The van der Waals surface area contributed by atoms with Crippen molar-refractivity contribution in [1.29, 1.82) is 0 Å². The Kier molecular flexibility index (Phi) is 6.23. The van der Waals surface area contributed by atoms with Crippen LogP contribution < -0.4 is 0 Å². The van der Waals surface area contributed by atoms with E-state index in [9.17, 15) is 0 Å². The van der Waals surface area contributed by atoms with Crippen molar-refractivity contribution >= 4 is 34.1 Å². The second-order valence-electron chi connectivity index (χ2n) is 8.76. The second kappa shape index (κ2) is 9.77. The van der Waals surface area contributed by atoms with Crippen LogP contribution in [0, 0.1) is 0 Å². The first kappa shape index (κ1) is 21.7. The molecule has 0 bridgehead atoms. The van der Waals surface area contributed by atoms with Gasteiger partial charge in [-0.15, -0.1) is 0 Å². The summed E-state index contributed by atoms with van der Waals surface area (Å²) in [6, 6.07) is 43.2. The van der Waals surface area contributed by atoms with Crippen LogP contribution in [0.15, 0.2) is 121 Å². The molecule has 164 valence electrons. The molecule has 0 unspecified atom stereocenters. The Bertz CT molecular complexity index is 1490. The minimum atomic E-state index is 1.22. The largest absolute Gasteiger partial charge is 0.0622 e. The SMILES string of the molecule is CC(=Cc1cccc(-c2ccc3ccccc3c2)c1C=C(C)c1ccccc1)c1ccccc1. The summed E-state index contributed by atoms with van der Waals surface area (Å²) in [7, 11) is 0. The van der Waals surface area contributed by atoms with E-state index in [0.717, 1.165) is 0 Å². The van der Waals surface area contributed by atoms with Gasteiger partial charge in [-0.3, -0.25) is 0 Å². The molecular weight excluding hydrogens is 408 g/mol. The van der Waals surface area contributed by atoms with Crippen molar-refractivity contribution in [1.82, 2.24) is 0 Å². The fourth-order valence-electron chi connectivity index (χ4n) is 4.50. The van der Waals surface area contributed by atoms with Crippen molar-refractivity contribution in [3.63, 3.8) is 0 Å². The van der Waals surface area contributed by atoms with E-state index in [1.54, 1.807) is 0 Å². The maximum Gasteiger partial charge on any atom is -0.0102 e. The lowest BCUT2D eigenvalue weighted by atomic mass is 9.90. The lowest BCUT2D eigenvalue weighted by Gasteiger charge is -2.14. The molecule has 0 saturated heterocycles. The van der Waals surface area contributed by atoms with E-state index in [0.29, 0.717) is 0 Å². The highest BCUT2D eigenvalue weighted by atomic mass is 14.1. The van der Waals surface area contributed by atoms with Gasteiger partial charge < -0.3 is 0 Å². The summed E-state index contributed by atoms with van der Waals surface area (Å²) in [5.74, 6) is 0. The molecule has 5 rings (SSSR count). The van der Waals surface area contributed by atoms with Crippen molar-refractivity contribution < 1.29 is 0 Å². The number of hydrogen-bond donors (Lipinski definition) is 0. The van der Waals surface area contributed by atoms with E-state index in [-0.39, 0.29) is 0 Å². The van der Waals surface area contributed by atoms with Gasteiger partial charge in [0.15, 0.2) is 0 Å². The molecule has 0 heterocycles. The molecule has 5 aromatic carbocycles. The molecular formula is C34H28. The minimum Gasteiger partial charge on any atom is -0.0622 e. The van der Waals surface area contributed by atoms with E-state index < -0.39 is 0 Å². The average Bonchev–Trinajstić information content (AvgIpc) is 2.90. The molecule has 0 atom stereocenters. The molecule has 0 saturated carbocycles. The number of rotatable bonds is 5. The number of hydrogen-bond acceptors (Lipinski definition) is 0. The maximum atomic E-state index is 2.34. The number of fused-ring (bicyclic) bond motifs is 1. The third kappa shape index (κ3) is 4.63. The normalized spacial score (nSPS) is 12.2. The van der Waals surface area contributed by atoms with Gasteiger partial charge in [-0.2, -0.15) is 0 Å². The van der Waals surface area contributed by atoms with E-state index in [1.807, 2.05) is 0 Å². The standard InChI is InChI=1S/C34H28/c1-25(27-12-5-3-6-13-27)22-31-18-11-19-33(32-21-20-29-16-9-10-17-30(29)24-32)34(31)23-26(2)28-14-7-4-8-15-28/h3-24H,1-2H3. The maximum absolute atomic E-state index is 2.34. The van der Waals surface area contributed by atoms with Crippen molar-refractivity contribution in [2.24, 2.45) is 0 Å². The Morgan fingerprint density at radius 2 is 1.09 bits per heavy atom. The zero-order chi connectivity index (χ0) is 23.3. The van der Waals surface area contributed by atoms with E-state index in [1.165, 1.54) is 55.3 Å². The topological polar surface area (TPSA) is 0 Å². The third-order valence-electron chi connectivity index (χ3n) is 6.39. The molecule has 0 aliphatic heterocycles. The Balaban J connectivity index is 1.70. The lowest BCUT2D eigenvalue weighted by molar-refractivity contribution is 1.54. The van der Waals surface area contributed by atoms with Gasteiger partial charge >= 0.3 is 0 Å². The van der Waals surface area contributed by atoms with E-state index >= 15 is 0 Å².